The summed E-state index contributed by atoms with van der Waals surface area (Å²) in [5, 5.41) is 0. The Hall–Kier alpha value is -1.24. The number of rotatable bonds is 0. The molecule has 146 valence electrons. The lowest BCUT2D eigenvalue weighted by atomic mass is 9.82. The summed E-state index contributed by atoms with van der Waals surface area (Å²) in [5.74, 6) is 1.74. The van der Waals surface area contributed by atoms with E-state index < -0.39 is 7.73 Å². The highest BCUT2D eigenvalue weighted by atomic mass is 35.7. The fourth-order valence-electron chi connectivity index (χ4n) is 3.45. The van der Waals surface area contributed by atoms with Crippen LogP contribution in [0.15, 0.2) is 24.3 Å². The average molecular weight is 405 g/mol. The maximum Gasteiger partial charge on any atom is 0.401 e. The standard InChI is InChI=1S/C23H30ClO2P/c1-14-9-18(22(3,4)5)12-16-11-17-13-19(23(6,7)8)10-15(2)21(17)26-27(24)25-20(14)16/h9-10,12-13H,11H2,1-8H3. The Labute approximate surface area is 169 Å². The molecule has 0 bridgehead atoms. The van der Waals surface area contributed by atoms with Gasteiger partial charge < -0.3 is 9.05 Å². The van der Waals surface area contributed by atoms with Crippen LogP contribution in [0.25, 0.3) is 0 Å². The Balaban J connectivity index is 2.21. The minimum atomic E-state index is -1.54. The van der Waals surface area contributed by atoms with Gasteiger partial charge in [0.15, 0.2) is 0 Å². The SMILES string of the molecule is Cc1cc(C(C)(C)C)cc2c1OP(Cl)Oc1c(C)cc(C(C)(C)C)cc1C2. The summed E-state index contributed by atoms with van der Waals surface area (Å²) in [6.07, 6.45) is 0.778. The molecule has 1 heterocycles. The van der Waals surface area contributed by atoms with Crippen LogP contribution in [0.1, 0.15) is 74.9 Å². The van der Waals surface area contributed by atoms with E-state index in [9.17, 15) is 0 Å². The molecule has 0 radical (unpaired) electrons. The molecule has 1 aliphatic rings. The van der Waals surface area contributed by atoms with Gasteiger partial charge >= 0.3 is 7.73 Å². The van der Waals surface area contributed by atoms with Gasteiger partial charge in [-0.3, -0.25) is 0 Å². The average Bonchev–Trinajstić information content (AvgIpc) is 2.49. The van der Waals surface area contributed by atoms with Crippen molar-refractivity contribution in [3.63, 3.8) is 0 Å². The largest absolute Gasteiger partial charge is 0.427 e. The summed E-state index contributed by atoms with van der Waals surface area (Å²) in [6.45, 7) is 17.6. The number of hydrogen-bond acceptors (Lipinski definition) is 2. The molecule has 0 unspecified atom stereocenters. The predicted molar refractivity (Wildman–Crippen MR) is 117 cm³/mol. The van der Waals surface area contributed by atoms with Gasteiger partial charge in [0.05, 0.1) is 0 Å². The third-order valence-electron chi connectivity index (χ3n) is 5.14. The van der Waals surface area contributed by atoms with E-state index in [2.05, 4.69) is 79.7 Å². The normalized spacial score (nSPS) is 15.1. The molecule has 0 atom stereocenters. The molecular formula is C23H30ClO2P. The van der Waals surface area contributed by atoms with Crippen LogP contribution in [-0.4, -0.2) is 0 Å². The fraction of sp³-hybridized carbons (Fsp3) is 0.478. The van der Waals surface area contributed by atoms with Crippen LogP contribution in [0.4, 0.5) is 0 Å². The molecule has 0 fully saturated rings. The molecule has 2 aromatic carbocycles. The van der Waals surface area contributed by atoms with E-state index in [0.29, 0.717) is 0 Å². The van der Waals surface area contributed by atoms with Gasteiger partial charge in [0.25, 0.3) is 0 Å². The van der Waals surface area contributed by atoms with Gasteiger partial charge in [-0.25, -0.2) is 0 Å². The van der Waals surface area contributed by atoms with Gasteiger partial charge in [0.1, 0.15) is 11.5 Å². The van der Waals surface area contributed by atoms with Crippen molar-refractivity contribution in [1.82, 2.24) is 0 Å². The molecule has 27 heavy (non-hydrogen) atoms. The molecule has 2 aromatic rings. The molecule has 2 nitrogen and oxygen atoms in total. The second-order valence-electron chi connectivity index (χ2n) is 9.63. The third kappa shape index (κ3) is 4.28. The van der Waals surface area contributed by atoms with E-state index in [1.165, 1.54) is 22.3 Å². The Morgan fingerprint density at radius 1 is 0.741 bits per heavy atom. The molecular weight excluding hydrogens is 375 g/mol. The Morgan fingerprint density at radius 3 is 1.44 bits per heavy atom. The summed E-state index contributed by atoms with van der Waals surface area (Å²) < 4.78 is 12.1. The maximum atomic E-state index is 6.47. The Bertz CT molecular complexity index is 804. The van der Waals surface area contributed by atoms with Crippen molar-refractivity contribution < 1.29 is 9.05 Å². The number of fused-ring (bicyclic) bond motifs is 2. The lowest BCUT2D eigenvalue weighted by molar-refractivity contribution is 0.487. The molecule has 0 saturated heterocycles. The van der Waals surface area contributed by atoms with E-state index in [1.54, 1.807) is 0 Å². The highest BCUT2D eigenvalue weighted by Gasteiger charge is 2.27. The monoisotopic (exact) mass is 404 g/mol. The second kappa shape index (κ2) is 6.98. The summed E-state index contributed by atoms with van der Waals surface area (Å²) in [6, 6.07) is 8.96. The van der Waals surface area contributed by atoms with E-state index in [4.69, 9.17) is 20.3 Å². The van der Waals surface area contributed by atoms with Crippen LogP contribution < -0.4 is 9.05 Å². The maximum absolute atomic E-state index is 6.47. The minimum absolute atomic E-state index is 0.0797. The zero-order valence-corrected chi connectivity index (χ0v) is 19.3. The quantitative estimate of drug-likeness (QED) is 0.418. The van der Waals surface area contributed by atoms with Crippen molar-refractivity contribution in [2.24, 2.45) is 0 Å². The zero-order valence-electron chi connectivity index (χ0n) is 17.7. The molecule has 0 saturated carbocycles. The lowest BCUT2D eigenvalue weighted by Crippen LogP contribution is -2.15. The number of hydrogen-bond donors (Lipinski definition) is 0. The Morgan fingerprint density at radius 2 is 1.11 bits per heavy atom. The first-order chi connectivity index (χ1) is 12.4. The first-order valence-electron chi connectivity index (χ1n) is 9.46. The van der Waals surface area contributed by atoms with Crippen molar-refractivity contribution >= 4 is 19.0 Å². The molecule has 0 amide bonds. The Kier molecular flexibility index (Phi) is 5.30. The fourth-order valence-corrected chi connectivity index (χ4v) is 4.71. The first kappa shape index (κ1) is 20.5. The number of benzene rings is 2. The molecule has 0 spiro atoms. The van der Waals surface area contributed by atoms with Crippen LogP contribution in [0, 0.1) is 13.8 Å². The van der Waals surface area contributed by atoms with E-state index in [1.807, 2.05) is 0 Å². The minimum Gasteiger partial charge on any atom is -0.427 e. The summed E-state index contributed by atoms with van der Waals surface area (Å²) in [4.78, 5) is 0. The topological polar surface area (TPSA) is 18.5 Å². The third-order valence-corrected chi connectivity index (χ3v) is 6.21. The number of halogens is 1. The highest BCUT2D eigenvalue weighted by molar-refractivity contribution is 7.76. The van der Waals surface area contributed by atoms with Crippen LogP contribution in [0.3, 0.4) is 0 Å². The smallest absolute Gasteiger partial charge is 0.401 e. The van der Waals surface area contributed by atoms with Crippen LogP contribution in [0.5, 0.6) is 11.5 Å². The van der Waals surface area contributed by atoms with E-state index >= 15 is 0 Å². The molecule has 0 aliphatic carbocycles. The molecule has 0 aromatic heterocycles. The predicted octanol–water partition coefficient (Wildman–Crippen LogP) is 7.73. The lowest BCUT2D eigenvalue weighted by Gasteiger charge is -2.28. The first-order valence-corrected chi connectivity index (χ1v) is 11.5. The van der Waals surface area contributed by atoms with Crippen molar-refractivity contribution in [2.75, 3.05) is 0 Å². The van der Waals surface area contributed by atoms with Gasteiger partial charge in [-0.2, -0.15) is 0 Å². The van der Waals surface area contributed by atoms with Gasteiger partial charge in [-0.15, -0.1) is 0 Å². The van der Waals surface area contributed by atoms with Crippen molar-refractivity contribution in [2.45, 2.75) is 72.6 Å². The van der Waals surface area contributed by atoms with Gasteiger partial charge in [0, 0.05) is 6.42 Å². The zero-order chi connectivity index (χ0) is 20.1. The van der Waals surface area contributed by atoms with E-state index in [0.717, 1.165) is 29.0 Å². The van der Waals surface area contributed by atoms with Gasteiger partial charge in [-0.1, -0.05) is 65.8 Å². The van der Waals surface area contributed by atoms with Gasteiger partial charge in [-0.05, 0) is 69.3 Å². The highest BCUT2D eigenvalue weighted by Crippen LogP contribution is 2.51. The van der Waals surface area contributed by atoms with Crippen LogP contribution in [-0.2, 0) is 17.3 Å². The molecule has 3 rings (SSSR count). The van der Waals surface area contributed by atoms with Crippen molar-refractivity contribution in [3.05, 3.63) is 57.6 Å². The van der Waals surface area contributed by atoms with Crippen LogP contribution in [0.2, 0.25) is 0 Å². The second-order valence-corrected chi connectivity index (χ2v) is 11.3. The van der Waals surface area contributed by atoms with Gasteiger partial charge in [0.2, 0.25) is 0 Å². The van der Waals surface area contributed by atoms with Crippen molar-refractivity contribution in [3.8, 4) is 11.5 Å². The summed E-state index contributed by atoms with van der Waals surface area (Å²) in [7, 11) is -1.54. The number of aryl methyl sites for hydroxylation is 2. The van der Waals surface area contributed by atoms with E-state index in [-0.39, 0.29) is 10.8 Å². The van der Waals surface area contributed by atoms with Crippen LogP contribution >= 0.6 is 19.0 Å². The molecule has 0 N–H and O–H groups in total. The summed E-state index contributed by atoms with van der Waals surface area (Å²) in [5.41, 5.74) is 7.38. The van der Waals surface area contributed by atoms with Crippen molar-refractivity contribution in [1.29, 1.82) is 0 Å². The molecule has 1 aliphatic heterocycles. The molecule has 4 heteroatoms. The summed E-state index contributed by atoms with van der Waals surface area (Å²) >= 11 is 6.47.